The van der Waals surface area contributed by atoms with Crippen molar-refractivity contribution in [3.63, 3.8) is 0 Å². The van der Waals surface area contributed by atoms with Gasteiger partial charge in [0.05, 0.1) is 12.2 Å². The molecule has 2 saturated heterocycles. The molecule has 3 heterocycles. The molecule has 2 aromatic rings. The van der Waals surface area contributed by atoms with E-state index in [1.165, 1.54) is 12.1 Å². The summed E-state index contributed by atoms with van der Waals surface area (Å²) in [6.07, 6.45) is 3.03. The summed E-state index contributed by atoms with van der Waals surface area (Å²) in [6.45, 7) is 3.50. The van der Waals surface area contributed by atoms with Crippen LogP contribution in [0.15, 0.2) is 42.5 Å². The molecule has 2 fully saturated rings. The van der Waals surface area contributed by atoms with Gasteiger partial charge in [-0.15, -0.1) is 0 Å². The number of carbonyl (C=O) groups is 1. The van der Waals surface area contributed by atoms with Crippen LogP contribution in [0.25, 0.3) is 0 Å². The second-order valence-electron chi connectivity index (χ2n) is 9.43. The molecule has 0 radical (unpaired) electrons. The number of fused-ring (bicyclic) bond motifs is 1. The van der Waals surface area contributed by atoms with Crippen molar-refractivity contribution in [1.29, 1.82) is 0 Å². The SMILES string of the molecule is O=C(NCC1CCCO1)C(CN(Cc1ccc2c(c1)OCO2)CC1CCCO1)Oc1ccccc1F. The molecule has 3 aliphatic rings. The van der Waals surface area contributed by atoms with Crippen LogP contribution in [0.2, 0.25) is 0 Å². The average molecular weight is 501 g/mol. The molecule has 8 nitrogen and oxygen atoms in total. The number of amides is 1. The first-order valence-electron chi connectivity index (χ1n) is 12.7. The molecule has 3 unspecified atom stereocenters. The lowest BCUT2D eigenvalue weighted by molar-refractivity contribution is -0.129. The van der Waals surface area contributed by atoms with Gasteiger partial charge in [0.2, 0.25) is 6.79 Å². The van der Waals surface area contributed by atoms with E-state index >= 15 is 0 Å². The topological polar surface area (TPSA) is 78.5 Å². The van der Waals surface area contributed by atoms with E-state index in [1.807, 2.05) is 18.2 Å². The number of halogens is 1. The second kappa shape index (κ2) is 11.9. The molecule has 1 N–H and O–H groups in total. The zero-order valence-corrected chi connectivity index (χ0v) is 20.3. The Hall–Kier alpha value is -2.88. The molecule has 5 rings (SSSR count). The van der Waals surface area contributed by atoms with E-state index in [1.54, 1.807) is 12.1 Å². The molecule has 194 valence electrons. The van der Waals surface area contributed by atoms with Gasteiger partial charge < -0.3 is 29.0 Å². The number of carbonyl (C=O) groups excluding carboxylic acids is 1. The Kier molecular flexibility index (Phi) is 8.20. The summed E-state index contributed by atoms with van der Waals surface area (Å²) in [6, 6.07) is 12.0. The van der Waals surface area contributed by atoms with Gasteiger partial charge in [-0.25, -0.2) is 4.39 Å². The van der Waals surface area contributed by atoms with Gasteiger partial charge in [-0.3, -0.25) is 9.69 Å². The fourth-order valence-corrected chi connectivity index (χ4v) is 4.81. The van der Waals surface area contributed by atoms with Crippen molar-refractivity contribution in [2.24, 2.45) is 0 Å². The van der Waals surface area contributed by atoms with Crippen LogP contribution >= 0.6 is 0 Å². The first kappa shape index (κ1) is 24.8. The zero-order chi connectivity index (χ0) is 24.7. The highest BCUT2D eigenvalue weighted by molar-refractivity contribution is 5.81. The van der Waals surface area contributed by atoms with Crippen LogP contribution < -0.4 is 19.5 Å². The minimum atomic E-state index is -0.918. The number of benzene rings is 2. The summed E-state index contributed by atoms with van der Waals surface area (Å²) < 4.78 is 42.9. The molecule has 2 aromatic carbocycles. The van der Waals surface area contributed by atoms with Crippen molar-refractivity contribution >= 4 is 5.91 Å². The van der Waals surface area contributed by atoms with E-state index in [-0.39, 0.29) is 37.2 Å². The lowest BCUT2D eigenvalue weighted by Crippen LogP contribution is -2.48. The van der Waals surface area contributed by atoms with E-state index in [9.17, 15) is 9.18 Å². The Bertz CT molecular complexity index is 1030. The highest BCUT2D eigenvalue weighted by atomic mass is 19.1. The fraction of sp³-hybridized carbons (Fsp3) is 0.519. The monoisotopic (exact) mass is 500 g/mol. The van der Waals surface area contributed by atoms with Gasteiger partial charge in [0, 0.05) is 39.4 Å². The number of para-hydroxylation sites is 1. The molecule has 0 bridgehead atoms. The molecule has 0 aliphatic carbocycles. The van der Waals surface area contributed by atoms with Crippen LogP contribution in [-0.4, -0.2) is 68.8 Å². The molecular weight excluding hydrogens is 467 g/mol. The molecule has 9 heteroatoms. The van der Waals surface area contributed by atoms with Gasteiger partial charge in [-0.2, -0.15) is 0 Å². The third-order valence-electron chi connectivity index (χ3n) is 6.68. The maximum Gasteiger partial charge on any atom is 0.262 e. The van der Waals surface area contributed by atoms with Crippen molar-refractivity contribution in [3.8, 4) is 17.2 Å². The Morgan fingerprint density at radius 2 is 1.83 bits per heavy atom. The fourth-order valence-electron chi connectivity index (χ4n) is 4.81. The molecule has 36 heavy (non-hydrogen) atoms. The highest BCUT2D eigenvalue weighted by Gasteiger charge is 2.29. The number of nitrogens with zero attached hydrogens (tertiary/aromatic N) is 1. The third-order valence-corrected chi connectivity index (χ3v) is 6.68. The zero-order valence-electron chi connectivity index (χ0n) is 20.3. The molecule has 3 aliphatic heterocycles. The van der Waals surface area contributed by atoms with E-state index in [0.29, 0.717) is 32.0 Å². The number of nitrogens with one attached hydrogen (secondary N) is 1. The Labute approximate surface area is 210 Å². The minimum absolute atomic E-state index is 0.000291. The number of rotatable bonds is 11. The van der Waals surface area contributed by atoms with Crippen LogP contribution in [0.5, 0.6) is 17.2 Å². The first-order valence-corrected chi connectivity index (χ1v) is 12.7. The average Bonchev–Trinajstić information content (AvgIpc) is 3.66. The van der Waals surface area contributed by atoms with Crippen LogP contribution in [-0.2, 0) is 20.8 Å². The molecular formula is C27H33FN2O6. The predicted molar refractivity (Wildman–Crippen MR) is 130 cm³/mol. The lowest BCUT2D eigenvalue weighted by atomic mass is 10.1. The summed E-state index contributed by atoms with van der Waals surface area (Å²) in [7, 11) is 0. The van der Waals surface area contributed by atoms with Crippen molar-refractivity contribution in [2.45, 2.75) is 50.5 Å². The van der Waals surface area contributed by atoms with E-state index in [4.69, 9.17) is 23.7 Å². The van der Waals surface area contributed by atoms with Gasteiger partial charge >= 0.3 is 0 Å². The van der Waals surface area contributed by atoms with Gasteiger partial charge in [-0.1, -0.05) is 18.2 Å². The van der Waals surface area contributed by atoms with Crippen LogP contribution in [0.3, 0.4) is 0 Å². The maximum atomic E-state index is 14.4. The molecule has 1 amide bonds. The second-order valence-corrected chi connectivity index (χ2v) is 9.43. The van der Waals surface area contributed by atoms with E-state index < -0.39 is 11.9 Å². The molecule has 3 atom stereocenters. The summed E-state index contributed by atoms with van der Waals surface area (Å²) in [4.78, 5) is 15.4. The van der Waals surface area contributed by atoms with Crippen molar-refractivity contribution < 1.29 is 32.9 Å². The first-order chi connectivity index (χ1) is 17.6. The normalized spacial score (nSPS) is 21.6. The molecule has 0 spiro atoms. The summed E-state index contributed by atoms with van der Waals surface area (Å²) in [5.74, 6) is 0.680. The van der Waals surface area contributed by atoms with Crippen LogP contribution in [0.4, 0.5) is 4.39 Å². The molecule has 0 saturated carbocycles. The Morgan fingerprint density at radius 1 is 1.06 bits per heavy atom. The van der Waals surface area contributed by atoms with Gasteiger partial charge in [0.1, 0.15) is 0 Å². The lowest BCUT2D eigenvalue weighted by Gasteiger charge is -2.29. The largest absolute Gasteiger partial charge is 0.476 e. The number of hydrogen-bond acceptors (Lipinski definition) is 7. The number of hydrogen-bond donors (Lipinski definition) is 1. The van der Waals surface area contributed by atoms with Crippen LogP contribution in [0, 0.1) is 5.82 Å². The van der Waals surface area contributed by atoms with Crippen molar-refractivity contribution in [1.82, 2.24) is 10.2 Å². The maximum absolute atomic E-state index is 14.4. The van der Waals surface area contributed by atoms with E-state index in [0.717, 1.165) is 43.6 Å². The summed E-state index contributed by atoms with van der Waals surface area (Å²) in [5, 5.41) is 2.96. The van der Waals surface area contributed by atoms with Crippen LogP contribution in [0.1, 0.15) is 31.2 Å². The van der Waals surface area contributed by atoms with Crippen molar-refractivity contribution in [3.05, 3.63) is 53.8 Å². The Morgan fingerprint density at radius 3 is 2.61 bits per heavy atom. The Balaban J connectivity index is 1.32. The van der Waals surface area contributed by atoms with E-state index in [2.05, 4.69) is 10.2 Å². The predicted octanol–water partition coefficient (Wildman–Crippen LogP) is 3.28. The van der Waals surface area contributed by atoms with Gasteiger partial charge in [0.25, 0.3) is 5.91 Å². The highest BCUT2D eigenvalue weighted by Crippen LogP contribution is 2.33. The summed E-state index contributed by atoms with van der Waals surface area (Å²) in [5.41, 5.74) is 1.02. The quantitative estimate of drug-likeness (QED) is 0.507. The smallest absolute Gasteiger partial charge is 0.262 e. The van der Waals surface area contributed by atoms with Gasteiger partial charge in [0.15, 0.2) is 29.2 Å². The molecule has 0 aromatic heterocycles. The summed E-state index contributed by atoms with van der Waals surface area (Å²) >= 11 is 0. The third kappa shape index (κ3) is 6.46. The number of ether oxygens (including phenoxy) is 5. The van der Waals surface area contributed by atoms with Crippen molar-refractivity contribution in [2.75, 3.05) is 39.6 Å². The van der Waals surface area contributed by atoms with Gasteiger partial charge in [-0.05, 0) is 55.5 Å². The standard InChI is InChI=1S/C27H33FN2O6/c28-22-7-1-2-8-23(22)36-26(27(31)29-14-20-5-3-11-32-20)17-30(16-21-6-4-12-33-21)15-19-9-10-24-25(13-19)35-18-34-24/h1-2,7-10,13,20-21,26H,3-6,11-12,14-18H2,(H,29,31). The minimum Gasteiger partial charge on any atom is -0.476 e.